The van der Waals surface area contributed by atoms with Crippen molar-refractivity contribution >= 4 is 5.91 Å². The lowest BCUT2D eigenvalue weighted by atomic mass is 9.92. The van der Waals surface area contributed by atoms with Crippen LogP contribution >= 0.6 is 0 Å². The van der Waals surface area contributed by atoms with Crippen molar-refractivity contribution in [2.45, 2.75) is 19.3 Å². The van der Waals surface area contributed by atoms with Gasteiger partial charge in [-0.25, -0.2) is 0 Å². The van der Waals surface area contributed by atoms with Crippen LogP contribution in [0.4, 0.5) is 0 Å². The second kappa shape index (κ2) is 4.27. The highest BCUT2D eigenvalue weighted by Gasteiger charge is 2.23. The SMILES string of the molecule is O=C1[N]CCCC1Cc1ccccc1. The Morgan fingerprint density at radius 2 is 2.07 bits per heavy atom. The summed E-state index contributed by atoms with van der Waals surface area (Å²) in [6, 6.07) is 10.2. The topological polar surface area (TPSA) is 31.2 Å². The number of hydrogen-bond acceptors (Lipinski definition) is 1. The molecule has 0 N–H and O–H groups in total. The minimum Gasteiger partial charge on any atom is -0.273 e. The maximum atomic E-state index is 11.4. The monoisotopic (exact) mass is 188 g/mol. The standard InChI is InChI=1S/C12H14NO/c14-12-11(7-4-8-13-12)9-10-5-2-1-3-6-10/h1-3,5-6,11H,4,7-9H2. The Morgan fingerprint density at radius 1 is 1.29 bits per heavy atom. The molecule has 1 aromatic carbocycles. The molecule has 2 heteroatoms. The van der Waals surface area contributed by atoms with E-state index < -0.39 is 0 Å². The molecule has 14 heavy (non-hydrogen) atoms. The molecule has 1 aliphatic rings. The molecule has 0 aromatic heterocycles. The van der Waals surface area contributed by atoms with Crippen LogP contribution in [0.1, 0.15) is 18.4 Å². The highest BCUT2D eigenvalue weighted by molar-refractivity contribution is 5.79. The molecular weight excluding hydrogens is 174 g/mol. The Labute approximate surface area is 84.3 Å². The Bertz CT molecular complexity index is 307. The molecule has 1 aromatic rings. The van der Waals surface area contributed by atoms with Crippen LogP contribution in [-0.4, -0.2) is 12.5 Å². The van der Waals surface area contributed by atoms with Gasteiger partial charge in [-0.2, -0.15) is 0 Å². The van der Waals surface area contributed by atoms with Gasteiger partial charge in [-0.15, -0.1) is 0 Å². The van der Waals surface area contributed by atoms with E-state index in [0.717, 1.165) is 25.8 Å². The van der Waals surface area contributed by atoms with E-state index in [1.54, 1.807) is 0 Å². The Kier molecular flexibility index (Phi) is 2.82. The molecule has 1 fully saturated rings. The fourth-order valence-corrected chi connectivity index (χ4v) is 1.87. The van der Waals surface area contributed by atoms with Crippen molar-refractivity contribution in [1.29, 1.82) is 0 Å². The molecule has 1 atom stereocenters. The summed E-state index contributed by atoms with van der Waals surface area (Å²) in [5.41, 5.74) is 1.24. The molecule has 1 aliphatic heterocycles. The lowest BCUT2D eigenvalue weighted by Crippen LogP contribution is -2.32. The van der Waals surface area contributed by atoms with Crippen LogP contribution in [0, 0.1) is 5.92 Å². The Morgan fingerprint density at radius 3 is 2.79 bits per heavy atom. The van der Waals surface area contributed by atoms with E-state index in [9.17, 15) is 4.79 Å². The Hall–Kier alpha value is -1.31. The zero-order chi connectivity index (χ0) is 9.80. The quantitative estimate of drug-likeness (QED) is 0.696. The second-order valence-corrected chi connectivity index (χ2v) is 3.75. The summed E-state index contributed by atoms with van der Waals surface area (Å²) in [5, 5.41) is 3.97. The second-order valence-electron chi connectivity index (χ2n) is 3.75. The molecule has 2 nitrogen and oxygen atoms in total. The van der Waals surface area contributed by atoms with Crippen molar-refractivity contribution in [2.24, 2.45) is 5.92 Å². The van der Waals surface area contributed by atoms with Crippen LogP contribution in [0.15, 0.2) is 30.3 Å². The third-order valence-corrected chi connectivity index (χ3v) is 2.65. The molecule has 2 rings (SSSR count). The van der Waals surface area contributed by atoms with E-state index >= 15 is 0 Å². The first-order valence-corrected chi connectivity index (χ1v) is 5.11. The van der Waals surface area contributed by atoms with Crippen LogP contribution in [0.2, 0.25) is 0 Å². The molecular formula is C12H14NO. The van der Waals surface area contributed by atoms with Gasteiger partial charge >= 0.3 is 0 Å². The predicted octanol–water partition coefficient (Wildman–Crippen LogP) is 1.77. The maximum absolute atomic E-state index is 11.4. The van der Waals surface area contributed by atoms with Crippen LogP contribution < -0.4 is 5.32 Å². The summed E-state index contributed by atoms with van der Waals surface area (Å²) in [4.78, 5) is 11.4. The van der Waals surface area contributed by atoms with Crippen molar-refractivity contribution < 1.29 is 4.79 Å². The molecule has 1 amide bonds. The van der Waals surface area contributed by atoms with E-state index in [1.807, 2.05) is 18.2 Å². The van der Waals surface area contributed by atoms with Crippen molar-refractivity contribution in [2.75, 3.05) is 6.54 Å². The van der Waals surface area contributed by atoms with Crippen molar-refractivity contribution in [1.82, 2.24) is 5.32 Å². The van der Waals surface area contributed by atoms with Crippen molar-refractivity contribution in [3.63, 3.8) is 0 Å². The lowest BCUT2D eigenvalue weighted by molar-refractivity contribution is -0.126. The van der Waals surface area contributed by atoms with Gasteiger partial charge in [-0.1, -0.05) is 30.3 Å². The van der Waals surface area contributed by atoms with Crippen molar-refractivity contribution in [3.8, 4) is 0 Å². The van der Waals surface area contributed by atoms with Gasteiger partial charge in [-0.05, 0) is 24.8 Å². The summed E-state index contributed by atoms with van der Waals surface area (Å²) in [6.45, 7) is 0.726. The molecule has 1 heterocycles. The molecule has 1 unspecified atom stereocenters. The van der Waals surface area contributed by atoms with Gasteiger partial charge < -0.3 is 0 Å². The van der Waals surface area contributed by atoms with Crippen LogP contribution in [-0.2, 0) is 11.2 Å². The van der Waals surface area contributed by atoms with Gasteiger partial charge in [0.15, 0.2) is 0 Å². The zero-order valence-electron chi connectivity index (χ0n) is 8.15. The smallest absolute Gasteiger partial charge is 0.244 e. The Balaban J connectivity index is 2.00. The first kappa shape index (κ1) is 9.25. The van der Waals surface area contributed by atoms with E-state index in [0.29, 0.717) is 0 Å². The van der Waals surface area contributed by atoms with Gasteiger partial charge in [0.05, 0.1) is 0 Å². The molecule has 73 valence electrons. The maximum Gasteiger partial charge on any atom is 0.244 e. The average Bonchev–Trinajstić information content (AvgIpc) is 2.23. The third kappa shape index (κ3) is 2.13. The first-order chi connectivity index (χ1) is 6.86. The summed E-state index contributed by atoms with van der Waals surface area (Å²) in [6.07, 6.45) is 2.91. The van der Waals surface area contributed by atoms with Crippen LogP contribution in [0.3, 0.4) is 0 Å². The van der Waals surface area contributed by atoms with Gasteiger partial charge in [0, 0.05) is 12.5 Å². The van der Waals surface area contributed by atoms with Gasteiger partial charge in [-0.3, -0.25) is 10.1 Å². The summed E-state index contributed by atoms with van der Waals surface area (Å²) in [7, 11) is 0. The molecule has 1 radical (unpaired) electrons. The van der Waals surface area contributed by atoms with E-state index in [-0.39, 0.29) is 11.8 Å². The van der Waals surface area contributed by atoms with Crippen molar-refractivity contribution in [3.05, 3.63) is 35.9 Å². The molecule has 1 saturated heterocycles. The third-order valence-electron chi connectivity index (χ3n) is 2.65. The van der Waals surface area contributed by atoms with Gasteiger partial charge in [0.25, 0.3) is 0 Å². The number of carbonyl (C=O) groups is 1. The highest BCUT2D eigenvalue weighted by atomic mass is 16.1. The molecule has 0 saturated carbocycles. The minimum absolute atomic E-state index is 0.0973. The number of benzene rings is 1. The number of carbonyl (C=O) groups excluding carboxylic acids is 1. The predicted molar refractivity (Wildman–Crippen MR) is 54.9 cm³/mol. The van der Waals surface area contributed by atoms with E-state index in [2.05, 4.69) is 17.4 Å². The number of nitrogens with zero attached hydrogens (tertiary/aromatic N) is 1. The summed E-state index contributed by atoms with van der Waals surface area (Å²) in [5.74, 6) is 0.228. The lowest BCUT2D eigenvalue weighted by Gasteiger charge is -2.19. The average molecular weight is 188 g/mol. The number of hydrogen-bond donors (Lipinski definition) is 0. The van der Waals surface area contributed by atoms with Crippen LogP contribution in [0.25, 0.3) is 0 Å². The number of amides is 1. The number of piperidine rings is 1. The van der Waals surface area contributed by atoms with Gasteiger partial charge in [0.2, 0.25) is 5.91 Å². The highest BCUT2D eigenvalue weighted by Crippen LogP contribution is 2.17. The largest absolute Gasteiger partial charge is 0.273 e. The zero-order valence-corrected chi connectivity index (χ0v) is 8.15. The summed E-state index contributed by atoms with van der Waals surface area (Å²) >= 11 is 0. The molecule has 0 aliphatic carbocycles. The minimum atomic E-state index is 0.0973. The summed E-state index contributed by atoms with van der Waals surface area (Å²) < 4.78 is 0. The molecule has 0 bridgehead atoms. The fraction of sp³-hybridized carbons (Fsp3) is 0.417. The van der Waals surface area contributed by atoms with E-state index in [1.165, 1.54) is 5.56 Å². The van der Waals surface area contributed by atoms with Gasteiger partial charge in [0.1, 0.15) is 0 Å². The first-order valence-electron chi connectivity index (χ1n) is 5.11. The van der Waals surface area contributed by atoms with Crippen LogP contribution in [0.5, 0.6) is 0 Å². The molecule has 0 spiro atoms. The fourth-order valence-electron chi connectivity index (χ4n) is 1.87. The normalized spacial score (nSPS) is 21.7. The number of rotatable bonds is 2. The van der Waals surface area contributed by atoms with E-state index in [4.69, 9.17) is 0 Å².